The summed E-state index contributed by atoms with van der Waals surface area (Å²) >= 11 is 0. The zero-order valence-electron chi connectivity index (χ0n) is 11.0. The average Bonchev–Trinajstić information content (AvgIpc) is 2.72. The maximum Gasteiger partial charge on any atom is 0.181 e. The molecule has 1 aliphatic carbocycles. The lowest BCUT2D eigenvalue weighted by Crippen LogP contribution is -2.67. The first-order chi connectivity index (χ1) is 8.52. The van der Waals surface area contributed by atoms with Crippen LogP contribution in [0.5, 0.6) is 0 Å². The van der Waals surface area contributed by atoms with Crippen LogP contribution in [0, 0.1) is 5.92 Å². The van der Waals surface area contributed by atoms with Crippen molar-refractivity contribution >= 4 is 5.78 Å². The highest BCUT2D eigenvalue weighted by Gasteiger charge is 2.66. The van der Waals surface area contributed by atoms with E-state index < -0.39 is 11.2 Å². The molecule has 0 aromatic carbocycles. The molecule has 1 N–H and O–H groups in total. The predicted octanol–water partition coefficient (Wildman–Crippen LogP) is 0.0785. The molecule has 18 heavy (non-hydrogen) atoms. The number of aliphatic hydroxyl groups is 1. The number of carbonyl (C=O) groups is 1. The van der Waals surface area contributed by atoms with Crippen LogP contribution in [-0.4, -0.2) is 55.5 Å². The van der Waals surface area contributed by atoms with Crippen LogP contribution in [0.3, 0.4) is 0 Å². The molecular formula is C12H20O6. The summed E-state index contributed by atoms with van der Waals surface area (Å²) in [6.45, 7) is 3.51. The van der Waals surface area contributed by atoms with Gasteiger partial charge >= 0.3 is 0 Å². The van der Waals surface area contributed by atoms with Gasteiger partial charge in [-0.25, -0.2) is 0 Å². The number of rotatable bonds is 4. The van der Waals surface area contributed by atoms with Gasteiger partial charge in [0.05, 0.1) is 12.7 Å². The Bertz CT molecular complexity index is 333. The normalized spacial score (nSPS) is 44.1. The molecule has 0 amide bonds. The molecular weight excluding hydrogens is 240 g/mol. The van der Waals surface area contributed by atoms with Crippen LogP contribution in [0.4, 0.5) is 0 Å². The third-order valence-electron chi connectivity index (χ3n) is 4.35. The van der Waals surface area contributed by atoms with Crippen LogP contribution < -0.4 is 0 Å². The lowest BCUT2D eigenvalue weighted by atomic mass is 9.65. The number of hydrogen-bond acceptors (Lipinski definition) is 6. The Hall–Kier alpha value is -0.530. The molecule has 4 unspecified atom stereocenters. The van der Waals surface area contributed by atoms with Gasteiger partial charge in [-0.3, -0.25) is 4.79 Å². The standard InChI is InChI=1S/C12H20O6/c1-8-9(16-6-15-3)4-10(14)12(5-13)11(8,2)17-7-18-12/h8-9,13H,4-7H2,1-3H3. The Labute approximate surface area is 106 Å². The molecule has 1 saturated heterocycles. The van der Waals surface area contributed by atoms with Crippen molar-refractivity contribution < 1.29 is 28.8 Å². The molecule has 0 aromatic heterocycles. The van der Waals surface area contributed by atoms with Crippen molar-refractivity contribution in [3.8, 4) is 0 Å². The molecule has 1 aliphatic heterocycles. The second kappa shape index (κ2) is 4.86. The van der Waals surface area contributed by atoms with E-state index in [0.29, 0.717) is 0 Å². The molecule has 2 rings (SSSR count). The summed E-state index contributed by atoms with van der Waals surface area (Å²) in [5.41, 5.74) is -2.12. The molecule has 6 nitrogen and oxygen atoms in total. The summed E-state index contributed by atoms with van der Waals surface area (Å²) in [5.74, 6) is -0.260. The second-order valence-corrected chi connectivity index (χ2v) is 5.03. The molecule has 0 radical (unpaired) electrons. The van der Waals surface area contributed by atoms with E-state index in [1.807, 2.05) is 6.92 Å². The van der Waals surface area contributed by atoms with Gasteiger partial charge in [0.2, 0.25) is 0 Å². The van der Waals surface area contributed by atoms with E-state index in [1.165, 1.54) is 7.11 Å². The van der Waals surface area contributed by atoms with E-state index >= 15 is 0 Å². The lowest BCUT2D eigenvalue weighted by Gasteiger charge is -2.48. The molecule has 0 bridgehead atoms. The Morgan fingerprint density at radius 2 is 2.22 bits per heavy atom. The molecule has 2 aliphatic rings. The van der Waals surface area contributed by atoms with Crippen molar-refractivity contribution in [3.63, 3.8) is 0 Å². The van der Waals surface area contributed by atoms with Gasteiger partial charge in [0.25, 0.3) is 0 Å². The number of aliphatic hydroxyl groups excluding tert-OH is 1. The monoisotopic (exact) mass is 260 g/mol. The summed E-state index contributed by atoms with van der Waals surface area (Å²) in [7, 11) is 1.53. The molecule has 0 aromatic rings. The van der Waals surface area contributed by atoms with Gasteiger partial charge in [0, 0.05) is 19.4 Å². The van der Waals surface area contributed by atoms with Crippen molar-refractivity contribution in [3.05, 3.63) is 0 Å². The van der Waals surface area contributed by atoms with Crippen molar-refractivity contribution in [1.29, 1.82) is 0 Å². The topological polar surface area (TPSA) is 74.2 Å². The molecule has 1 saturated carbocycles. The minimum atomic E-state index is -1.25. The lowest BCUT2D eigenvalue weighted by molar-refractivity contribution is -0.193. The summed E-state index contributed by atoms with van der Waals surface area (Å²) in [6.07, 6.45) is -0.0897. The molecule has 0 spiro atoms. The Morgan fingerprint density at radius 1 is 1.50 bits per heavy atom. The van der Waals surface area contributed by atoms with E-state index in [0.717, 1.165) is 0 Å². The van der Waals surface area contributed by atoms with E-state index in [1.54, 1.807) is 6.92 Å². The van der Waals surface area contributed by atoms with Crippen LogP contribution >= 0.6 is 0 Å². The third kappa shape index (κ3) is 1.71. The van der Waals surface area contributed by atoms with Crippen molar-refractivity contribution in [2.45, 2.75) is 37.6 Å². The Morgan fingerprint density at radius 3 is 2.83 bits per heavy atom. The van der Waals surface area contributed by atoms with Gasteiger partial charge in [-0.2, -0.15) is 0 Å². The highest BCUT2D eigenvalue weighted by molar-refractivity contribution is 5.91. The average molecular weight is 260 g/mol. The summed E-state index contributed by atoms with van der Waals surface area (Å²) < 4.78 is 21.4. The van der Waals surface area contributed by atoms with Crippen molar-refractivity contribution in [2.24, 2.45) is 5.92 Å². The van der Waals surface area contributed by atoms with E-state index in [4.69, 9.17) is 18.9 Å². The number of Topliss-reactive ketones (excluding diaryl/α,β-unsaturated/α-hetero) is 1. The maximum absolute atomic E-state index is 12.3. The highest BCUT2D eigenvalue weighted by Crippen LogP contribution is 2.48. The minimum absolute atomic E-state index is 0.0180. The van der Waals surface area contributed by atoms with E-state index in [-0.39, 0.29) is 44.4 Å². The van der Waals surface area contributed by atoms with Gasteiger partial charge in [0.1, 0.15) is 19.2 Å². The second-order valence-electron chi connectivity index (χ2n) is 5.03. The Kier molecular flexibility index (Phi) is 3.75. The first kappa shape index (κ1) is 13.9. The quantitative estimate of drug-likeness (QED) is 0.721. The van der Waals surface area contributed by atoms with Crippen molar-refractivity contribution in [2.75, 3.05) is 27.3 Å². The first-order valence-electron chi connectivity index (χ1n) is 6.04. The summed E-state index contributed by atoms with van der Waals surface area (Å²) in [4.78, 5) is 12.3. The van der Waals surface area contributed by atoms with Gasteiger partial charge in [0.15, 0.2) is 11.4 Å². The smallest absolute Gasteiger partial charge is 0.181 e. The van der Waals surface area contributed by atoms with Crippen LogP contribution in [0.25, 0.3) is 0 Å². The maximum atomic E-state index is 12.3. The van der Waals surface area contributed by atoms with Crippen molar-refractivity contribution in [1.82, 2.24) is 0 Å². The van der Waals surface area contributed by atoms with Crippen LogP contribution in [0.1, 0.15) is 20.3 Å². The largest absolute Gasteiger partial charge is 0.393 e. The fourth-order valence-electron chi connectivity index (χ4n) is 2.90. The number of ketones is 1. The number of carbonyl (C=O) groups excluding carboxylic acids is 1. The number of methoxy groups -OCH3 is 1. The SMILES string of the molecule is COCOC1CC(=O)C2(CO)OCOC2(C)C1C. The molecule has 104 valence electrons. The van der Waals surface area contributed by atoms with Gasteiger partial charge in [-0.15, -0.1) is 0 Å². The number of hydrogen-bond donors (Lipinski definition) is 1. The number of ether oxygens (including phenoxy) is 4. The molecule has 4 atom stereocenters. The van der Waals surface area contributed by atoms with Crippen LogP contribution in [0.15, 0.2) is 0 Å². The number of fused-ring (bicyclic) bond motifs is 1. The Balaban J connectivity index is 2.26. The fraction of sp³-hybridized carbons (Fsp3) is 0.917. The van der Waals surface area contributed by atoms with E-state index in [2.05, 4.69) is 0 Å². The molecule has 2 fully saturated rings. The molecule has 6 heteroatoms. The summed E-state index contributed by atoms with van der Waals surface area (Å²) in [6, 6.07) is 0. The van der Waals surface area contributed by atoms with Gasteiger partial charge in [-0.05, 0) is 6.92 Å². The first-order valence-corrected chi connectivity index (χ1v) is 6.04. The molecule has 1 heterocycles. The minimum Gasteiger partial charge on any atom is -0.393 e. The van der Waals surface area contributed by atoms with E-state index in [9.17, 15) is 9.90 Å². The zero-order chi connectivity index (χ0) is 13.4. The van der Waals surface area contributed by atoms with Crippen LogP contribution in [-0.2, 0) is 23.7 Å². The van der Waals surface area contributed by atoms with Gasteiger partial charge in [-0.1, -0.05) is 6.92 Å². The summed E-state index contributed by atoms with van der Waals surface area (Å²) in [5, 5.41) is 9.58. The van der Waals surface area contributed by atoms with Gasteiger partial charge < -0.3 is 24.1 Å². The predicted molar refractivity (Wildman–Crippen MR) is 60.8 cm³/mol. The van der Waals surface area contributed by atoms with Crippen LogP contribution in [0.2, 0.25) is 0 Å². The zero-order valence-corrected chi connectivity index (χ0v) is 11.0. The third-order valence-corrected chi connectivity index (χ3v) is 4.35. The highest BCUT2D eigenvalue weighted by atomic mass is 16.7. The fourth-order valence-corrected chi connectivity index (χ4v) is 2.90.